The topological polar surface area (TPSA) is 118 Å². The van der Waals surface area contributed by atoms with Gasteiger partial charge in [0.1, 0.15) is 5.75 Å². The van der Waals surface area contributed by atoms with Crippen LogP contribution in [-0.2, 0) is 9.59 Å². The van der Waals surface area contributed by atoms with Crippen molar-refractivity contribution >= 4 is 45.8 Å². The minimum atomic E-state index is -0.326. The molecule has 2 aliphatic rings. The second kappa shape index (κ2) is 8.71. The van der Waals surface area contributed by atoms with Gasteiger partial charge in [0.05, 0.1) is 22.5 Å². The lowest BCUT2D eigenvalue weighted by atomic mass is 10.1. The maximum Gasteiger partial charge on any atom is 0.262 e. The molecule has 0 radical (unpaired) electrons. The SMILES string of the molecule is Cc1sc(NC(=O)CCCN2C(=O)c3ccccc3C2=O)nc1-c1ccc2c(c1)NC(=O)CO2. The third kappa shape index (κ3) is 4.03. The van der Waals surface area contributed by atoms with Crippen LogP contribution in [0.5, 0.6) is 5.75 Å². The first-order valence-electron chi connectivity index (χ1n) is 10.7. The standard InChI is InChI=1S/C24H20N4O5S/c1-13-21(14-8-9-18-17(11-14)25-20(30)12-33-18)27-24(34-13)26-19(29)7-4-10-28-22(31)15-5-2-3-6-16(15)23(28)32/h2-3,5-6,8-9,11H,4,7,10,12H2,1H3,(H,25,30)(H,26,27,29). The number of hydrogen-bond donors (Lipinski definition) is 2. The molecule has 4 amide bonds. The molecule has 5 rings (SSSR count). The predicted octanol–water partition coefficient (Wildman–Crippen LogP) is 3.46. The quantitative estimate of drug-likeness (QED) is 0.526. The van der Waals surface area contributed by atoms with Crippen LogP contribution in [0.1, 0.15) is 38.4 Å². The van der Waals surface area contributed by atoms with E-state index in [0.29, 0.717) is 39.8 Å². The van der Waals surface area contributed by atoms with E-state index < -0.39 is 0 Å². The Morgan fingerprint density at radius 3 is 2.62 bits per heavy atom. The lowest BCUT2D eigenvalue weighted by molar-refractivity contribution is -0.118. The Hall–Kier alpha value is -4.05. The zero-order chi connectivity index (χ0) is 23.8. The van der Waals surface area contributed by atoms with Gasteiger partial charge < -0.3 is 15.4 Å². The molecule has 3 heterocycles. The Morgan fingerprint density at radius 2 is 1.88 bits per heavy atom. The summed E-state index contributed by atoms with van der Waals surface area (Å²) < 4.78 is 5.39. The molecule has 0 atom stereocenters. The molecule has 0 fully saturated rings. The number of hydrogen-bond acceptors (Lipinski definition) is 7. The third-order valence-corrected chi connectivity index (χ3v) is 6.48. The average Bonchev–Trinajstić information content (AvgIpc) is 3.30. The normalized spacial score (nSPS) is 14.4. The number of aryl methyl sites for hydroxylation is 1. The van der Waals surface area contributed by atoms with Crippen molar-refractivity contribution in [1.82, 2.24) is 9.88 Å². The minimum absolute atomic E-state index is 0.00866. The Labute approximate surface area is 198 Å². The van der Waals surface area contributed by atoms with Crippen LogP contribution in [0.2, 0.25) is 0 Å². The van der Waals surface area contributed by atoms with Crippen LogP contribution < -0.4 is 15.4 Å². The van der Waals surface area contributed by atoms with Gasteiger partial charge in [-0.1, -0.05) is 12.1 Å². The molecule has 3 aromatic rings. The first kappa shape index (κ1) is 21.8. The predicted molar refractivity (Wildman–Crippen MR) is 126 cm³/mol. The smallest absolute Gasteiger partial charge is 0.262 e. The summed E-state index contributed by atoms with van der Waals surface area (Å²) in [7, 11) is 0. The first-order valence-corrected chi connectivity index (χ1v) is 11.5. The van der Waals surface area contributed by atoms with E-state index in [1.165, 1.54) is 16.2 Å². The van der Waals surface area contributed by atoms with Gasteiger partial charge in [0, 0.05) is 23.4 Å². The molecule has 0 bridgehead atoms. The fourth-order valence-corrected chi connectivity index (χ4v) is 4.82. The highest BCUT2D eigenvalue weighted by atomic mass is 32.1. The van der Waals surface area contributed by atoms with E-state index in [1.807, 2.05) is 13.0 Å². The molecular formula is C24H20N4O5S. The van der Waals surface area contributed by atoms with Crippen molar-refractivity contribution in [2.24, 2.45) is 0 Å². The number of nitrogens with one attached hydrogen (secondary N) is 2. The first-order chi connectivity index (χ1) is 16.4. The highest BCUT2D eigenvalue weighted by molar-refractivity contribution is 7.16. The number of nitrogens with zero attached hydrogens (tertiary/aromatic N) is 2. The number of carbonyl (C=O) groups is 4. The number of carbonyl (C=O) groups excluding carboxylic acids is 4. The molecule has 0 aliphatic carbocycles. The second-order valence-electron chi connectivity index (χ2n) is 7.93. The Balaban J connectivity index is 1.19. The van der Waals surface area contributed by atoms with Gasteiger partial charge in [-0.3, -0.25) is 24.1 Å². The van der Waals surface area contributed by atoms with E-state index in [0.717, 1.165) is 10.4 Å². The molecule has 1 aromatic heterocycles. The number of fused-ring (bicyclic) bond motifs is 2. The van der Waals surface area contributed by atoms with Crippen molar-refractivity contribution in [2.75, 3.05) is 23.8 Å². The molecular weight excluding hydrogens is 456 g/mol. The summed E-state index contributed by atoms with van der Waals surface area (Å²) in [6, 6.07) is 12.1. The molecule has 2 aliphatic heterocycles. The molecule has 34 heavy (non-hydrogen) atoms. The molecule has 172 valence electrons. The number of rotatable bonds is 6. The van der Waals surface area contributed by atoms with Gasteiger partial charge in [-0.15, -0.1) is 11.3 Å². The van der Waals surface area contributed by atoms with Crippen molar-refractivity contribution in [3.8, 4) is 17.0 Å². The summed E-state index contributed by atoms with van der Waals surface area (Å²) >= 11 is 1.35. The monoisotopic (exact) mass is 476 g/mol. The fourth-order valence-electron chi connectivity index (χ4n) is 3.97. The number of imide groups is 1. The summed E-state index contributed by atoms with van der Waals surface area (Å²) in [4.78, 5) is 55.5. The second-order valence-corrected chi connectivity index (χ2v) is 9.13. The summed E-state index contributed by atoms with van der Waals surface area (Å²) in [6.07, 6.45) is 0.489. The van der Waals surface area contributed by atoms with Crippen LogP contribution in [0.25, 0.3) is 11.3 Å². The molecule has 0 saturated heterocycles. The van der Waals surface area contributed by atoms with Crippen LogP contribution in [0.4, 0.5) is 10.8 Å². The highest BCUT2D eigenvalue weighted by Gasteiger charge is 2.34. The number of anilines is 2. The average molecular weight is 477 g/mol. The van der Waals surface area contributed by atoms with Crippen molar-refractivity contribution in [2.45, 2.75) is 19.8 Å². The van der Waals surface area contributed by atoms with Crippen molar-refractivity contribution < 1.29 is 23.9 Å². The maximum atomic E-state index is 12.5. The van der Waals surface area contributed by atoms with E-state index in [2.05, 4.69) is 15.6 Å². The van der Waals surface area contributed by atoms with E-state index in [-0.39, 0.29) is 43.2 Å². The fraction of sp³-hybridized carbons (Fsp3) is 0.208. The number of benzene rings is 2. The van der Waals surface area contributed by atoms with E-state index in [9.17, 15) is 19.2 Å². The molecule has 2 aromatic carbocycles. The molecule has 9 nitrogen and oxygen atoms in total. The zero-order valence-corrected chi connectivity index (χ0v) is 19.0. The van der Waals surface area contributed by atoms with Crippen LogP contribution in [0, 0.1) is 6.92 Å². The summed E-state index contributed by atoms with van der Waals surface area (Å²) in [5.41, 5.74) is 2.88. The van der Waals surface area contributed by atoms with E-state index in [4.69, 9.17) is 4.74 Å². The number of amides is 4. The largest absolute Gasteiger partial charge is 0.482 e. The van der Waals surface area contributed by atoms with E-state index >= 15 is 0 Å². The van der Waals surface area contributed by atoms with E-state index in [1.54, 1.807) is 36.4 Å². The maximum absolute atomic E-state index is 12.5. The van der Waals surface area contributed by atoms with Gasteiger partial charge in [0.25, 0.3) is 17.7 Å². The van der Waals surface area contributed by atoms with Crippen molar-refractivity contribution in [1.29, 1.82) is 0 Å². The zero-order valence-electron chi connectivity index (χ0n) is 18.2. The Kier molecular flexibility index (Phi) is 5.58. The molecule has 10 heteroatoms. The van der Waals surface area contributed by atoms with Crippen LogP contribution >= 0.6 is 11.3 Å². The van der Waals surface area contributed by atoms with Crippen molar-refractivity contribution in [3.05, 3.63) is 58.5 Å². The Morgan fingerprint density at radius 1 is 1.15 bits per heavy atom. The minimum Gasteiger partial charge on any atom is -0.482 e. The van der Waals surface area contributed by atoms with Gasteiger partial charge >= 0.3 is 0 Å². The number of aromatic nitrogens is 1. The number of ether oxygens (including phenoxy) is 1. The van der Waals surface area contributed by atoms with Crippen LogP contribution in [0.3, 0.4) is 0 Å². The lowest BCUT2D eigenvalue weighted by Crippen LogP contribution is -2.31. The van der Waals surface area contributed by atoms with Crippen LogP contribution in [0.15, 0.2) is 42.5 Å². The van der Waals surface area contributed by atoms with Crippen LogP contribution in [-0.4, -0.2) is 46.7 Å². The van der Waals surface area contributed by atoms with Gasteiger partial charge in [-0.2, -0.15) is 0 Å². The third-order valence-electron chi connectivity index (χ3n) is 5.59. The molecule has 0 unspecified atom stereocenters. The van der Waals surface area contributed by atoms with Gasteiger partial charge in [-0.05, 0) is 43.7 Å². The Bertz CT molecular complexity index is 1310. The van der Waals surface area contributed by atoms with Gasteiger partial charge in [0.15, 0.2) is 11.7 Å². The van der Waals surface area contributed by atoms with Crippen molar-refractivity contribution in [3.63, 3.8) is 0 Å². The molecule has 2 N–H and O–H groups in total. The summed E-state index contributed by atoms with van der Waals surface area (Å²) in [5.74, 6) is -0.514. The number of thiazole rings is 1. The summed E-state index contributed by atoms with van der Waals surface area (Å²) in [6.45, 7) is 2.07. The molecule has 0 saturated carbocycles. The highest BCUT2D eigenvalue weighted by Crippen LogP contribution is 2.36. The van der Waals surface area contributed by atoms with Gasteiger partial charge in [-0.25, -0.2) is 4.98 Å². The molecule has 0 spiro atoms. The van der Waals surface area contributed by atoms with Gasteiger partial charge in [0.2, 0.25) is 5.91 Å². The summed E-state index contributed by atoms with van der Waals surface area (Å²) in [5, 5.41) is 6.02. The lowest BCUT2D eigenvalue weighted by Gasteiger charge is -2.18.